The van der Waals surface area contributed by atoms with Crippen molar-refractivity contribution in [3.8, 4) is 5.69 Å². The summed E-state index contributed by atoms with van der Waals surface area (Å²) in [6.45, 7) is 2.69. The van der Waals surface area contributed by atoms with E-state index in [4.69, 9.17) is 34.8 Å². The topological polar surface area (TPSA) is 77.6 Å². The molecule has 0 bridgehead atoms. The molecule has 7 nitrogen and oxygen atoms in total. The van der Waals surface area contributed by atoms with Crippen molar-refractivity contribution in [3.05, 3.63) is 61.5 Å². The van der Waals surface area contributed by atoms with E-state index in [0.717, 1.165) is 35.6 Å². The monoisotopic (exact) mass is 438 g/mol. The third-order valence-electron chi connectivity index (χ3n) is 4.63. The summed E-state index contributed by atoms with van der Waals surface area (Å²) >= 11 is 18.4. The molecule has 2 aromatic heterocycles. The Morgan fingerprint density at radius 3 is 2.86 bits per heavy atom. The van der Waals surface area contributed by atoms with Crippen molar-refractivity contribution in [1.29, 1.82) is 0 Å². The van der Waals surface area contributed by atoms with Gasteiger partial charge >= 0.3 is 0 Å². The molecule has 1 atom stereocenters. The van der Waals surface area contributed by atoms with Crippen LogP contribution in [0.25, 0.3) is 5.69 Å². The van der Waals surface area contributed by atoms with E-state index in [9.17, 15) is 4.79 Å². The summed E-state index contributed by atoms with van der Waals surface area (Å²) in [5, 5.41) is 12.9. The highest BCUT2D eigenvalue weighted by atomic mass is 35.5. The number of benzene rings is 1. The fraction of sp³-hybridized carbons (Fsp3) is 0.333. The van der Waals surface area contributed by atoms with Crippen molar-refractivity contribution < 1.29 is 0 Å². The fourth-order valence-electron chi connectivity index (χ4n) is 3.21. The standard InChI is InChI=1S/C18H17Cl3N6O/c1-2-15-24-16-6-4-11(9-26(16)25-15)23-13-8-22-27(18(28)17(13)21)14-5-3-10(19)7-12(14)20/h3,5,7-8,11,23H,2,4,6,9H2,1H3. The molecule has 0 amide bonds. The third-order valence-corrected chi connectivity index (χ3v) is 5.54. The molecule has 4 rings (SSSR count). The molecule has 1 aliphatic heterocycles. The Hall–Kier alpha value is -2.09. The molecule has 0 radical (unpaired) electrons. The average Bonchev–Trinajstić information content (AvgIpc) is 3.09. The zero-order chi connectivity index (χ0) is 19.8. The number of hydrogen-bond acceptors (Lipinski definition) is 5. The van der Waals surface area contributed by atoms with Crippen molar-refractivity contribution in [2.24, 2.45) is 0 Å². The van der Waals surface area contributed by atoms with Crippen LogP contribution in [0.1, 0.15) is 25.0 Å². The maximum Gasteiger partial charge on any atom is 0.292 e. The van der Waals surface area contributed by atoms with E-state index in [2.05, 4.69) is 20.5 Å². The predicted molar refractivity (Wildman–Crippen MR) is 110 cm³/mol. The molecule has 0 saturated carbocycles. The molecular formula is C18H17Cl3N6O. The Morgan fingerprint density at radius 1 is 1.29 bits per heavy atom. The molecule has 1 aliphatic rings. The zero-order valence-electron chi connectivity index (χ0n) is 15.0. The summed E-state index contributed by atoms with van der Waals surface area (Å²) in [5.74, 6) is 1.84. The average molecular weight is 440 g/mol. The van der Waals surface area contributed by atoms with Crippen LogP contribution in [-0.2, 0) is 19.4 Å². The van der Waals surface area contributed by atoms with Gasteiger partial charge in [0.1, 0.15) is 10.8 Å². The first-order valence-electron chi connectivity index (χ1n) is 8.88. The van der Waals surface area contributed by atoms with Crippen LogP contribution in [-0.4, -0.2) is 30.6 Å². The second-order valence-corrected chi connectivity index (χ2v) is 7.77. The third kappa shape index (κ3) is 3.62. The van der Waals surface area contributed by atoms with Gasteiger partial charge in [-0.25, -0.2) is 9.67 Å². The quantitative estimate of drug-likeness (QED) is 0.669. The lowest BCUT2D eigenvalue weighted by Gasteiger charge is -2.24. The summed E-state index contributed by atoms with van der Waals surface area (Å²) in [4.78, 5) is 17.2. The zero-order valence-corrected chi connectivity index (χ0v) is 17.3. The number of nitrogens with one attached hydrogen (secondary N) is 1. The van der Waals surface area contributed by atoms with Crippen molar-refractivity contribution >= 4 is 40.5 Å². The second kappa shape index (κ2) is 7.73. The minimum Gasteiger partial charge on any atom is -0.378 e. The van der Waals surface area contributed by atoms with E-state index >= 15 is 0 Å². The van der Waals surface area contributed by atoms with Gasteiger partial charge in [-0.3, -0.25) is 4.79 Å². The minimum absolute atomic E-state index is 0.0552. The predicted octanol–water partition coefficient (Wildman–Crippen LogP) is 3.77. The van der Waals surface area contributed by atoms with Crippen LogP contribution in [0.15, 0.2) is 29.2 Å². The molecule has 28 heavy (non-hydrogen) atoms. The van der Waals surface area contributed by atoms with E-state index in [-0.39, 0.29) is 11.1 Å². The number of hydrogen-bond donors (Lipinski definition) is 1. The first kappa shape index (κ1) is 19.2. The number of aryl methyl sites for hydroxylation is 2. The minimum atomic E-state index is -0.457. The van der Waals surface area contributed by atoms with Crippen molar-refractivity contribution in [2.45, 2.75) is 38.8 Å². The Bertz CT molecular complexity index is 1090. The molecule has 1 unspecified atom stereocenters. The van der Waals surface area contributed by atoms with Gasteiger partial charge in [0, 0.05) is 23.9 Å². The lowest BCUT2D eigenvalue weighted by Crippen LogP contribution is -2.33. The van der Waals surface area contributed by atoms with E-state index in [1.54, 1.807) is 18.2 Å². The van der Waals surface area contributed by atoms with Gasteiger partial charge in [-0.05, 0) is 24.6 Å². The molecule has 3 heterocycles. The lowest BCUT2D eigenvalue weighted by atomic mass is 10.1. The van der Waals surface area contributed by atoms with Gasteiger partial charge in [-0.2, -0.15) is 14.9 Å². The van der Waals surface area contributed by atoms with Gasteiger partial charge in [0.25, 0.3) is 5.56 Å². The molecule has 1 N–H and O–H groups in total. The fourth-order valence-corrected chi connectivity index (χ4v) is 3.88. The highest BCUT2D eigenvalue weighted by Gasteiger charge is 2.23. The lowest BCUT2D eigenvalue weighted by molar-refractivity contribution is 0.440. The molecule has 1 aromatic carbocycles. The maximum atomic E-state index is 12.7. The Kier molecular flexibility index (Phi) is 5.31. The first-order chi connectivity index (χ1) is 13.5. The molecule has 3 aromatic rings. The normalized spacial score (nSPS) is 16.1. The van der Waals surface area contributed by atoms with Gasteiger partial charge in [0.15, 0.2) is 5.82 Å². The number of nitrogens with zero attached hydrogens (tertiary/aromatic N) is 5. The molecule has 0 aliphatic carbocycles. The van der Waals surface area contributed by atoms with Crippen molar-refractivity contribution in [3.63, 3.8) is 0 Å². The Morgan fingerprint density at radius 2 is 2.11 bits per heavy atom. The van der Waals surface area contributed by atoms with Gasteiger partial charge in [0.05, 0.1) is 29.1 Å². The second-order valence-electron chi connectivity index (χ2n) is 6.54. The summed E-state index contributed by atoms with van der Waals surface area (Å²) in [5.41, 5.74) is 0.445. The molecule has 0 spiro atoms. The van der Waals surface area contributed by atoms with E-state index in [1.807, 2.05) is 11.6 Å². The van der Waals surface area contributed by atoms with Crippen LogP contribution >= 0.6 is 34.8 Å². The summed E-state index contributed by atoms with van der Waals surface area (Å²) in [6, 6.07) is 4.89. The Labute approximate surface area is 176 Å². The molecule has 0 fully saturated rings. The smallest absolute Gasteiger partial charge is 0.292 e. The van der Waals surface area contributed by atoms with E-state index in [0.29, 0.717) is 28.0 Å². The number of halogens is 3. The van der Waals surface area contributed by atoms with Gasteiger partial charge in [-0.1, -0.05) is 41.7 Å². The van der Waals surface area contributed by atoms with Crippen LogP contribution in [0.3, 0.4) is 0 Å². The summed E-state index contributed by atoms with van der Waals surface area (Å²) in [7, 11) is 0. The first-order valence-corrected chi connectivity index (χ1v) is 10.0. The van der Waals surface area contributed by atoms with E-state index < -0.39 is 5.56 Å². The Balaban J connectivity index is 1.58. The van der Waals surface area contributed by atoms with Crippen LogP contribution in [0.4, 0.5) is 5.69 Å². The largest absolute Gasteiger partial charge is 0.378 e. The number of fused-ring (bicyclic) bond motifs is 1. The van der Waals surface area contributed by atoms with Gasteiger partial charge in [-0.15, -0.1) is 0 Å². The summed E-state index contributed by atoms with van der Waals surface area (Å²) < 4.78 is 3.08. The molecule has 146 valence electrons. The van der Waals surface area contributed by atoms with Crippen LogP contribution in [0, 0.1) is 0 Å². The molecular weight excluding hydrogens is 423 g/mol. The number of anilines is 1. The van der Waals surface area contributed by atoms with Crippen LogP contribution < -0.4 is 10.9 Å². The highest BCUT2D eigenvalue weighted by molar-refractivity contribution is 6.36. The molecule has 0 saturated heterocycles. The van der Waals surface area contributed by atoms with Gasteiger partial charge in [0.2, 0.25) is 0 Å². The van der Waals surface area contributed by atoms with E-state index in [1.165, 1.54) is 6.20 Å². The van der Waals surface area contributed by atoms with Crippen molar-refractivity contribution in [2.75, 3.05) is 5.32 Å². The summed E-state index contributed by atoms with van der Waals surface area (Å²) in [6.07, 6.45) is 4.01. The van der Waals surface area contributed by atoms with Crippen LogP contribution in [0.2, 0.25) is 15.1 Å². The van der Waals surface area contributed by atoms with Crippen molar-refractivity contribution in [1.82, 2.24) is 24.5 Å². The SMILES string of the molecule is CCc1nc2n(n1)CC(Nc1cnn(-c3ccc(Cl)cc3Cl)c(=O)c1Cl)CC2. The maximum absolute atomic E-state index is 12.7. The molecule has 10 heteroatoms. The number of aromatic nitrogens is 5. The number of rotatable bonds is 4. The highest BCUT2D eigenvalue weighted by Crippen LogP contribution is 2.25. The van der Waals surface area contributed by atoms with Crippen LogP contribution in [0.5, 0.6) is 0 Å². The van der Waals surface area contributed by atoms with Gasteiger partial charge < -0.3 is 5.32 Å².